The fourth-order valence-corrected chi connectivity index (χ4v) is 2.60. The van der Waals surface area contributed by atoms with Crippen LogP contribution in [0.4, 0.5) is 5.82 Å². The number of nitrogens with one attached hydrogen (secondary N) is 1. The van der Waals surface area contributed by atoms with E-state index < -0.39 is 0 Å². The van der Waals surface area contributed by atoms with Crippen LogP contribution in [0.2, 0.25) is 5.02 Å². The van der Waals surface area contributed by atoms with Crippen molar-refractivity contribution in [2.24, 2.45) is 0 Å². The number of aliphatic hydroxyl groups is 1. The molecule has 0 spiro atoms. The molecule has 1 aromatic heterocycles. The van der Waals surface area contributed by atoms with E-state index in [0.717, 1.165) is 10.2 Å². The summed E-state index contributed by atoms with van der Waals surface area (Å²) in [7, 11) is 0. The Labute approximate surface area is 113 Å². The van der Waals surface area contributed by atoms with Crippen LogP contribution < -0.4 is 5.32 Å². The highest BCUT2D eigenvalue weighted by Crippen LogP contribution is 2.24. The van der Waals surface area contributed by atoms with E-state index in [1.165, 1.54) is 0 Å². The Morgan fingerprint density at radius 3 is 3.00 bits per heavy atom. The number of hydrogen-bond donors (Lipinski definition) is 2. The van der Waals surface area contributed by atoms with Crippen molar-refractivity contribution in [1.29, 1.82) is 0 Å². The maximum atomic E-state index is 8.94. The van der Waals surface area contributed by atoms with Crippen LogP contribution in [0.5, 0.6) is 0 Å². The highest BCUT2D eigenvalue weighted by molar-refractivity contribution is 9.10. The lowest BCUT2D eigenvalue weighted by atomic mass is 10.2. The standard InChI is InChI=1S/C10H14BrClN2OS/c1-16-6-8(2-3-15)14-10-9(12)4-7(11)5-13-10/h4-5,8,15H,2-3,6H2,1H3,(H,13,14). The van der Waals surface area contributed by atoms with Crippen LogP contribution in [0.1, 0.15) is 6.42 Å². The van der Waals surface area contributed by atoms with Crippen LogP contribution >= 0.6 is 39.3 Å². The molecule has 6 heteroatoms. The molecule has 0 bridgehead atoms. The molecule has 0 fully saturated rings. The zero-order valence-electron chi connectivity index (χ0n) is 8.91. The Balaban J connectivity index is 2.68. The Bertz CT molecular complexity index is 335. The SMILES string of the molecule is CSCC(CCO)Nc1ncc(Br)cc1Cl. The van der Waals surface area contributed by atoms with Gasteiger partial charge >= 0.3 is 0 Å². The van der Waals surface area contributed by atoms with Crippen molar-refractivity contribution < 1.29 is 5.11 Å². The average Bonchev–Trinajstić information content (AvgIpc) is 2.23. The van der Waals surface area contributed by atoms with Gasteiger partial charge in [-0.1, -0.05) is 11.6 Å². The molecule has 0 aliphatic heterocycles. The molecule has 1 unspecified atom stereocenters. The van der Waals surface area contributed by atoms with Crippen molar-refractivity contribution in [3.8, 4) is 0 Å². The fraction of sp³-hybridized carbons (Fsp3) is 0.500. The summed E-state index contributed by atoms with van der Waals surface area (Å²) >= 11 is 11.1. The van der Waals surface area contributed by atoms with Crippen LogP contribution in [0.15, 0.2) is 16.7 Å². The number of aromatic nitrogens is 1. The third-order valence-corrected chi connectivity index (χ3v) is 3.45. The summed E-state index contributed by atoms with van der Waals surface area (Å²) in [5.74, 6) is 1.58. The first-order valence-corrected chi connectivity index (χ1v) is 7.41. The molecule has 0 radical (unpaired) electrons. The van der Waals surface area contributed by atoms with E-state index in [0.29, 0.717) is 17.3 Å². The normalized spacial score (nSPS) is 12.5. The lowest BCUT2D eigenvalue weighted by Gasteiger charge is -2.18. The minimum atomic E-state index is 0.159. The van der Waals surface area contributed by atoms with Crippen LogP contribution in [-0.2, 0) is 0 Å². The second-order valence-corrected chi connectivity index (χ2v) is 5.53. The van der Waals surface area contributed by atoms with Gasteiger partial charge in [-0.05, 0) is 34.7 Å². The molecule has 0 saturated heterocycles. The van der Waals surface area contributed by atoms with Crippen molar-refractivity contribution in [1.82, 2.24) is 4.98 Å². The minimum absolute atomic E-state index is 0.159. The van der Waals surface area contributed by atoms with E-state index in [1.807, 2.05) is 6.26 Å². The third-order valence-electron chi connectivity index (χ3n) is 1.99. The smallest absolute Gasteiger partial charge is 0.145 e. The highest BCUT2D eigenvalue weighted by atomic mass is 79.9. The number of pyridine rings is 1. The predicted octanol–water partition coefficient (Wildman–Crippen LogP) is 3.02. The lowest BCUT2D eigenvalue weighted by Crippen LogP contribution is -2.24. The topological polar surface area (TPSA) is 45.1 Å². The monoisotopic (exact) mass is 324 g/mol. The number of rotatable bonds is 6. The molecule has 1 heterocycles. The van der Waals surface area contributed by atoms with Crippen LogP contribution in [-0.4, -0.2) is 34.7 Å². The van der Waals surface area contributed by atoms with Gasteiger partial charge in [0.25, 0.3) is 0 Å². The Morgan fingerprint density at radius 1 is 1.69 bits per heavy atom. The van der Waals surface area contributed by atoms with Gasteiger partial charge in [-0.2, -0.15) is 11.8 Å². The summed E-state index contributed by atoms with van der Waals surface area (Å²) in [5, 5.41) is 12.8. The summed E-state index contributed by atoms with van der Waals surface area (Å²) in [4.78, 5) is 4.20. The summed E-state index contributed by atoms with van der Waals surface area (Å²) < 4.78 is 0.853. The molecule has 0 aliphatic carbocycles. The minimum Gasteiger partial charge on any atom is -0.396 e. The maximum Gasteiger partial charge on any atom is 0.145 e. The summed E-state index contributed by atoms with van der Waals surface area (Å²) in [5.41, 5.74) is 0. The molecule has 90 valence electrons. The molecule has 0 aromatic carbocycles. The van der Waals surface area contributed by atoms with Crippen LogP contribution in [0.3, 0.4) is 0 Å². The molecule has 1 aromatic rings. The van der Waals surface area contributed by atoms with Crippen molar-refractivity contribution >= 4 is 45.1 Å². The summed E-state index contributed by atoms with van der Waals surface area (Å²) in [6.07, 6.45) is 4.42. The number of thioether (sulfide) groups is 1. The molecule has 0 saturated carbocycles. The van der Waals surface area contributed by atoms with Crippen molar-refractivity contribution in [2.45, 2.75) is 12.5 Å². The second-order valence-electron chi connectivity index (χ2n) is 3.29. The molecule has 1 rings (SSSR count). The van der Waals surface area contributed by atoms with Gasteiger partial charge in [0.15, 0.2) is 0 Å². The van der Waals surface area contributed by atoms with Gasteiger partial charge in [-0.15, -0.1) is 0 Å². The summed E-state index contributed by atoms with van der Waals surface area (Å²) in [6, 6.07) is 1.98. The van der Waals surface area contributed by atoms with E-state index in [2.05, 4.69) is 26.2 Å². The summed E-state index contributed by atoms with van der Waals surface area (Å²) in [6.45, 7) is 0.159. The highest BCUT2D eigenvalue weighted by Gasteiger charge is 2.10. The zero-order chi connectivity index (χ0) is 12.0. The number of anilines is 1. The zero-order valence-corrected chi connectivity index (χ0v) is 12.1. The van der Waals surface area contributed by atoms with Crippen molar-refractivity contribution in [3.05, 3.63) is 21.8 Å². The Morgan fingerprint density at radius 2 is 2.44 bits per heavy atom. The molecule has 2 N–H and O–H groups in total. The van der Waals surface area contributed by atoms with E-state index in [1.54, 1.807) is 24.0 Å². The van der Waals surface area contributed by atoms with Gasteiger partial charge in [0.2, 0.25) is 0 Å². The first kappa shape index (κ1) is 14.1. The molecule has 1 atom stereocenters. The quantitative estimate of drug-likeness (QED) is 0.844. The van der Waals surface area contributed by atoms with Gasteiger partial charge in [-0.25, -0.2) is 4.98 Å². The van der Waals surface area contributed by atoms with E-state index in [4.69, 9.17) is 16.7 Å². The largest absolute Gasteiger partial charge is 0.396 e. The molecular weight excluding hydrogens is 312 g/mol. The second kappa shape index (κ2) is 7.37. The van der Waals surface area contributed by atoms with Gasteiger partial charge in [0.1, 0.15) is 5.82 Å². The Kier molecular flexibility index (Phi) is 6.49. The van der Waals surface area contributed by atoms with E-state index in [9.17, 15) is 0 Å². The Hall–Kier alpha value is 0.0300. The van der Waals surface area contributed by atoms with E-state index in [-0.39, 0.29) is 12.6 Å². The number of hydrogen-bond acceptors (Lipinski definition) is 4. The molecular formula is C10H14BrClN2OS. The number of halogens is 2. The third kappa shape index (κ3) is 4.49. The number of aliphatic hydroxyl groups excluding tert-OH is 1. The van der Waals surface area contributed by atoms with Gasteiger partial charge < -0.3 is 10.4 Å². The fourth-order valence-electron chi connectivity index (χ4n) is 1.27. The van der Waals surface area contributed by atoms with Gasteiger partial charge in [-0.3, -0.25) is 0 Å². The van der Waals surface area contributed by atoms with Crippen molar-refractivity contribution in [2.75, 3.05) is 23.9 Å². The maximum absolute atomic E-state index is 8.94. The average molecular weight is 326 g/mol. The van der Waals surface area contributed by atoms with Crippen LogP contribution in [0.25, 0.3) is 0 Å². The first-order valence-electron chi connectivity index (χ1n) is 4.84. The van der Waals surface area contributed by atoms with E-state index >= 15 is 0 Å². The number of nitrogens with zero attached hydrogens (tertiary/aromatic N) is 1. The first-order chi connectivity index (χ1) is 7.67. The van der Waals surface area contributed by atoms with Gasteiger partial charge in [0, 0.05) is 29.1 Å². The molecule has 3 nitrogen and oxygen atoms in total. The van der Waals surface area contributed by atoms with Crippen LogP contribution in [0, 0.1) is 0 Å². The lowest BCUT2D eigenvalue weighted by molar-refractivity contribution is 0.282. The molecule has 0 aliphatic rings. The molecule has 16 heavy (non-hydrogen) atoms. The predicted molar refractivity (Wildman–Crippen MR) is 74.4 cm³/mol. The van der Waals surface area contributed by atoms with Crippen molar-refractivity contribution in [3.63, 3.8) is 0 Å². The van der Waals surface area contributed by atoms with Gasteiger partial charge in [0.05, 0.1) is 5.02 Å². The molecule has 0 amide bonds.